The van der Waals surface area contributed by atoms with Crippen molar-refractivity contribution in [2.45, 2.75) is 18.0 Å². The van der Waals surface area contributed by atoms with E-state index in [1.165, 1.54) is 24.9 Å². The Kier molecular flexibility index (Phi) is 4.20. The largest absolute Gasteiger partial charge is 0.416 e. The molecule has 6 nitrogen and oxygen atoms in total. The first kappa shape index (κ1) is 17.0. The van der Waals surface area contributed by atoms with Gasteiger partial charge in [-0.05, 0) is 31.2 Å². The average Bonchev–Trinajstić information content (AvgIpc) is 2.77. The molecule has 124 valence electrons. The molecule has 0 bridgehead atoms. The first-order valence-electron chi connectivity index (χ1n) is 6.25. The summed E-state index contributed by atoms with van der Waals surface area (Å²) in [5.74, 6) is -1.03. The molecule has 23 heavy (non-hydrogen) atoms. The van der Waals surface area contributed by atoms with Gasteiger partial charge in [0.1, 0.15) is 4.90 Å². The van der Waals surface area contributed by atoms with Gasteiger partial charge in [-0.15, -0.1) is 0 Å². The predicted octanol–water partition coefficient (Wildman–Crippen LogP) is 1.87. The van der Waals surface area contributed by atoms with Crippen LogP contribution in [0.15, 0.2) is 35.4 Å². The van der Waals surface area contributed by atoms with Crippen molar-refractivity contribution in [1.29, 1.82) is 0 Å². The Hall–Kier alpha value is -2.36. The monoisotopic (exact) mass is 347 g/mol. The number of rotatable bonds is 3. The molecule has 1 amide bonds. The van der Waals surface area contributed by atoms with Crippen LogP contribution in [0.25, 0.3) is 0 Å². The summed E-state index contributed by atoms with van der Waals surface area (Å²) in [6.45, 7) is 1.46. The van der Waals surface area contributed by atoms with E-state index in [1.807, 2.05) is 0 Å². The number of benzene rings is 1. The molecule has 0 aliphatic rings. The highest BCUT2D eigenvalue weighted by atomic mass is 32.2. The quantitative estimate of drug-likeness (QED) is 0.919. The van der Waals surface area contributed by atoms with Crippen LogP contribution in [-0.2, 0) is 23.2 Å². The number of hydrogen-bond acceptors (Lipinski definition) is 4. The zero-order chi connectivity index (χ0) is 17.4. The fourth-order valence-corrected chi connectivity index (χ4v) is 3.08. The van der Waals surface area contributed by atoms with Gasteiger partial charge in [0.2, 0.25) is 0 Å². The smallest absolute Gasteiger partial charge is 0.274 e. The molecule has 1 aromatic carbocycles. The number of nitrogens with one attached hydrogen (secondary N) is 1. The van der Waals surface area contributed by atoms with Gasteiger partial charge in [-0.1, -0.05) is 0 Å². The topological polar surface area (TPSA) is 81.1 Å². The summed E-state index contributed by atoms with van der Waals surface area (Å²) >= 11 is 0. The van der Waals surface area contributed by atoms with E-state index in [2.05, 4.69) is 5.10 Å². The van der Waals surface area contributed by atoms with Gasteiger partial charge in [0.05, 0.1) is 11.3 Å². The van der Waals surface area contributed by atoms with Crippen molar-refractivity contribution in [1.82, 2.24) is 14.5 Å². The maximum Gasteiger partial charge on any atom is 0.416 e. The minimum Gasteiger partial charge on any atom is -0.274 e. The fourth-order valence-electron chi connectivity index (χ4n) is 1.89. The van der Waals surface area contributed by atoms with Gasteiger partial charge < -0.3 is 0 Å². The first-order valence-corrected chi connectivity index (χ1v) is 7.73. The van der Waals surface area contributed by atoms with Crippen LogP contribution in [0.3, 0.4) is 0 Å². The number of aromatic nitrogens is 2. The summed E-state index contributed by atoms with van der Waals surface area (Å²) in [5, 5.41) is 3.86. The Bertz CT molecular complexity index is 840. The molecular weight excluding hydrogens is 335 g/mol. The van der Waals surface area contributed by atoms with Gasteiger partial charge in [0, 0.05) is 18.8 Å². The van der Waals surface area contributed by atoms with E-state index in [-0.39, 0.29) is 16.2 Å². The lowest BCUT2D eigenvalue weighted by atomic mass is 10.1. The van der Waals surface area contributed by atoms with Crippen LogP contribution in [0, 0.1) is 6.92 Å². The van der Waals surface area contributed by atoms with Crippen LogP contribution in [-0.4, -0.2) is 24.1 Å². The lowest BCUT2D eigenvalue weighted by Crippen LogP contribution is -2.30. The molecule has 1 heterocycles. The second-order valence-electron chi connectivity index (χ2n) is 4.76. The number of sulfonamides is 1. The van der Waals surface area contributed by atoms with E-state index in [0.717, 1.165) is 12.1 Å². The lowest BCUT2D eigenvalue weighted by Gasteiger charge is -2.08. The Morgan fingerprint density at radius 2 is 1.78 bits per heavy atom. The average molecular weight is 347 g/mol. The summed E-state index contributed by atoms with van der Waals surface area (Å²) in [6, 6.07) is 3.22. The van der Waals surface area contributed by atoms with Crippen LogP contribution < -0.4 is 4.72 Å². The summed E-state index contributed by atoms with van der Waals surface area (Å²) < 4.78 is 64.7. The number of halogens is 3. The van der Waals surface area contributed by atoms with Gasteiger partial charge in [-0.25, -0.2) is 13.1 Å². The molecule has 0 atom stereocenters. The van der Waals surface area contributed by atoms with Crippen molar-refractivity contribution in [3.63, 3.8) is 0 Å². The molecule has 0 radical (unpaired) electrons. The molecule has 0 spiro atoms. The van der Waals surface area contributed by atoms with E-state index < -0.39 is 27.7 Å². The number of hydrogen-bond donors (Lipinski definition) is 1. The molecule has 0 saturated heterocycles. The minimum atomic E-state index is -4.53. The number of alkyl halides is 3. The molecule has 0 aliphatic heterocycles. The van der Waals surface area contributed by atoms with Crippen molar-refractivity contribution in [3.8, 4) is 0 Å². The first-order chi connectivity index (χ1) is 10.5. The summed E-state index contributed by atoms with van der Waals surface area (Å²) in [5.41, 5.74) is -0.941. The predicted molar refractivity (Wildman–Crippen MR) is 74.0 cm³/mol. The third kappa shape index (κ3) is 3.70. The molecule has 1 aromatic heterocycles. The maximum atomic E-state index is 12.5. The molecule has 10 heteroatoms. The van der Waals surface area contributed by atoms with E-state index in [4.69, 9.17) is 0 Å². The van der Waals surface area contributed by atoms with Gasteiger partial charge in [-0.2, -0.15) is 18.3 Å². The highest BCUT2D eigenvalue weighted by Gasteiger charge is 2.30. The summed E-state index contributed by atoms with van der Waals surface area (Å²) in [7, 11) is -2.64. The van der Waals surface area contributed by atoms with E-state index in [0.29, 0.717) is 12.1 Å². The molecule has 0 aliphatic carbocycles. The minimum absolute atomic E-state index is 0.180. The van der Waals surface area contributed by atoms with Crippen LogP contribution in [0.5, 0.6) is 0 Å². The molecule has 2 rings (SSSR count). The maximum absolute atomic E-state index is 12.5. The van der Waals surface area contributed by atoms with Crippen molar-refractivity contribution in [2.75, 3.05) is 0 Å². The van der Waals surface area contributed by atoms with E-state index in [1.54, 1.807) is 4.72 Å². The second kappa shape index (κ2) is 5.69. The summed E-state index contributed by atoms with van der Waals surface area (Å²) in [6.07, 6.45) is -3.31. The van der Waals surface area contributed by atoms with Crippen molar-refractivity contribution < 1.29 is 26.4 Å². The van der Waals surface area contributed by atoms with Crippen LogP contribution in [0.4, 0.5) is 13.2 Å². The highest BCUT2D eigenvalue weighted by molar-refractivity contribution is 7.90. The zero-order valence-electron chi connectivity index (χ0n) is 12.0. The SMILES string of the molecule is Cc1nn(C)cc1S(=O)(=O)NC(=O)c1ccc(C(F)(F)F)cc1. The Labute approximate surface area is 130 Å². The normalized spacial score (nSPS) is 12.2. The van der Waals surface area contributed by atoms with Crippen molar-refractivity contribution >= 4 is 15.9 Å². The number of amides is 1. The van der Waals surface area contributed by atoms with E-state index >= 15 is 0 Å². The Morgan fingerprint density at radius 3 is 2.22 bits per heavy atom. The van der Waals surface area contributed by atoms with Gasteiger partial charge in [-0.3, -0.25) is 9.48 Å². The Morgan fingerprint density at radius 1 is 1.22 bits per heavy atom. The molecule has 0 unspecified atom stereocenters. The number of carbonyl (C=O) groups excluding carboxylic acids is 1. The summed E-state index contributed by atoms with van der Waals surface area (Å²) in [4.78, 5) is 11.7. The third-order valence-electron chi connectivity index (χ3n) is 2.96. The van der Waals surface area contributed by atoms with Crippen LogP contribution in [0.1, 0.15) is 21.6 Å². The van der Waals surface area contributed by atoms with Crippen LogP contribution in [0.2, 0.25) is 0 Å². The van der Waals surface area contributed by atoms with Gasteiger partial charge >= 0.3 is 6.18 Å². The van der Waals surface area contributed by atoms with Crippen molar-refractivity contribution in [3.05, 3.63) is 47.3 Å². The Balaban J connectivity index is 2.23. The molecule has 2 aromatic rings. The molecule has 0 saturated carbocycles. The van der Waals surface area contributed by atoms with E-state index in [9.17, 15) is 26.4 Å². The highest BCUT2D eigenvalue weighted by Crippen LogP contribution is 2.29. The number of aryl methyl sites for hydroxylation is 2. The molecule has 0 fully saturated rings. The standard InChI is InChI=1S/C13H12F3N3O3S/c1-8-11(7-19(2)17-8)23(21,22)18-12(20)9-3-5-10(6-4-9)13(14,15)16/h3-7H,1-2H3,(H,18,20). The molecule has 1 N–H and O–H groups in total. The zero-order valence-corrected chi connectivity index (χ0v) is 12.9. The number of carbonyl (C=O) groups is 1. The second-order valence-corrected chi connectivity index (χ2v) is 6.41. The van der Waals surface area contributed by atoms with Gasteiger partial charge in [0.25, 0.3) is 15.9 Å². The number of nitrogens with zero attached hydrogens (tertiary/aromatic N) is 2. The van der Waals surface area contributed by atoms with Gasteiger partial charge in [0.15, 0.2) is 0 Å². The fraction of sp³-hybridized carbons (Fsp3) is 0.231. The third-order valence-corrected chi connectivity index (χ3v) is 4.39. The van der Waals surface area contributed by atoms with Crippen LogP contribution >= 0.6 is 0 Å². The molecular formula is C13H12F3N3O3S. The van der Waals surface area contributed by atoms with Crippen molar-refractivity contribution in [2.24, 2.45) is 7.05 Å². The lowest BCUT2D eigenvalue weighted by molar-refractivity contribution is -0.137.